The van der Waals surface area contributed by atoms with E-state index < -0.39 is 0 Å². The molecule has 0 radical (unpaired) electrons. The van der Waals surface area contributed by atoms with Crippen LogP contribution >= 0.6 is 0 Å². The van der Waals surface area contributed by atoms with Gasteiger partial charge in [0.15, 0.2) is 0 Å². The van der Waals surface area contributed by atoms with Crippen molar-refractivity contribution in [3.8, 4) is 0 Å². The zero-order chi connectivity index (χ0) is 21.5. The molecular formula is C26H29N3O2. The van der Waals surface area contributed by atoms with Crippen molar-refractivity contribution in [2.24, 2.45) is 5.92 Å². The number of carbonyl (C=O) groups is 1. The van der Waals surface area contributed by atoms with E-state index in [1.54, 1.807) is 0 Å². The number of fused-ring (bicyclic) bond motifs is 1. The summed E-state index contributed by atoms with van der Waals surface area (Å²) in [4.78, 5) is 27.2. The standard InChI is InChI=1S/C26H29N3O2/c30-25-15-14-22-23(28-25)12-7-13-24(22)29-26(31)27-18-21(16-19-8-3-1-4-9-19)17-20-10-5-2-6-11-20/h1-6,8-11,14-15,21,24H,7,12-13,16-18H2,(H,28,30)(H2,27,29,31). The van der Waals surface area contributed by atoms with Crippen LogP contribution in [0.15, 0.2) is 77.6 Å². The first-order valence-electron chi connectivity index (χ1n) is 11.0. The first-order valence-corrected chi connectivity index (χ1v) is 11.0. The van der Waals surface area contributed by atoms with Crippen LogP contribution in [0, 0.1) is 5.92 Å². The summed E-state index contributed by atoms with van der Waals surface area (Å²) in [5.41, 5.74) is 4.42. The molecule has 1 aromatic heterocycles. The highest BCUT2D eigenvalue weighted by atomic mass is 16.2. The fraction of sp³-hybridized carbons (Fsp3) is 0.308. The second kappa shape index (κ2) is 10.1. The number of amides is 2. The van der Waals surface area contributed by atoms with Crippen LogP contribution in [0.25, 0.3) is 0 Å². The molecule has 160 valence electrons. The van der Waals surface area contributed by atoms with E-state index in [0.717, 1.165) is 43.4 Å². The van der Waals surface area contributed by atoms with Crippen molar-refractivity contribution in [1.29, 1.82) is 0 Å². The molecule has 0 fully saturated rings. The molecule has 4 rings (SSSR count). The molecule has 1 atom stereocenters. The monoisotopic (exact) mass is 415 g/mol. The van der Waals surface area contributed by atoms with Crippen molar-refractivity contribution < 1.29 is 4.79 Å². The maximum absolute atomic E-state index is 12.7. The number of benzene rings is 2. The van der Waals surface area contributed by atoms with Crippen molar-refractivity contribution in [1.82, 2.24) is 15.6 Å². The summed E-state index contributed by atoms with van der Waals surface area (Å²) in [5.74, 6) is 0.297. The normalized spacial score (nSPS) is 15.3. The Morgan fingerprint density at radius 2 is 1.58 bits per heavy atom. The molecule has 31 heavy (non-hydrogen) atoms. The summed E-state index contributed by atoms with van der Waals surface area (Å²) in [5, 5.41) is 6.20. The van der Waals surface area contributed by atoms with Gasteiger partial charge in [-0.3, -0.25) is 4.79 Å². The van der Waals surface area contributed by atoms with Gasteiger partial charge >= 0.3 is 6.03 Å². The molecule has 0 spiro atoms. The van der Waals surface area contributed by atoms with Gasteiger partial charge < -0.3 is 15.6 Å². The van der Waals surface area contributed by atoms with Gasteiger partial charge in [-0.1, -0.05) is 60.7 Å². The van der Waals surface area contributed by atoms with Gasteiger partial charge in [0.2, 0.25) is 5.56 Å². The van der Waals surface area contributed by atoms with Crippen molar-refractivity contribution in [2.45, 2.75) is 38.1 Å². The molecule has 1 aliphatic carbocycles. The quantitative estimate of drug-likeness (QED) is 0.542. The molecule has 3 N–H and O–H groups in total. The minimum Gasteiger partial charge on any atom is -0.338 e. The number of rotatable bonds is 7. The third-order valence-electron chi connectivity index (χ3n) is 5.92. The highest BCUT2D eigenvalue weighted by Gasteiger charge is 2.22. The zero-order valence-electron chi connectivity index (χ0n) is 17.6. The first kappa shape index (κ1) is 20.9. The molecule has 2 aromatic carbocycles. The van der Waals surface area contributed by atoms with Gasteiger partial charge in [0.05, 0.1) is 6.04 Å². The summed E-state index contributed by atoms with van der Waals surface area (Å²) in [6.45, 7) is 0.598. The van der Waals surface area contributed by atoms with Gasteiger partial charge in [0.1, 0.15) is 0 Å². The number of aryl methyl sites for hydroxylation is 1. The van der Waals surface area contributed by atoms with Crippen LogP contribution in [0.2, 0.25) is 0 Å². The van der Waals surface area contributed by atoms with E-state index in [0.29, 0.717) is 12.5 Å². The van der Waals surface area contributed by atoms with Crippen LogP contribution in [0.4, 0.5) is 4.79 Å². The van der Waals surface area contributed by atoms with Crippen LogP contribution in [0.5, 0.6) is 0 Å². The number of urea groups is 1. The van der Waals surface area contributed by atoms with E-state index in [1.165, 1.54) is 17.2 Å². The minimum atomic E-state index is -0.157. The van der Waals surface area contributed by atoms with Crippen LogP contribution in [-0.2, 0) is 19.3 Å². The van der Waals surface area contributed by atoms with Gasteiger partial charge in [-0.05, 0) is 60.8 Å². The summed E-state index contributed by atoms with van der Waals surface area (Å²) in [6, 6.07) is 24.0. The van der Waals surface area contributed by atoms with E-state index in [2.05, 4.69) is 64.1 Å². The number of nitrogens with one attached hydrogen (secondary N) is 3. The van der Waals surface area contributed by atoms with Crippen LogP contribution in [0.1, 0.15) is 41.3 Å². The predicted molar refractivity (Wildman–Crippen MR) is 123 cm³/mol. The van der Waals surface area contributed by atoms with Gasteiger partial charge in [0.25, 0.3) is 0 Å². The van der Waals surface area contributed by atoms with Gasteiger partial charge in [-0.15, -0.1) is 0 Å². The highest BCUT2D eigenvalue weighted by Crippen LogP contribution is 2.27. The molecule has 0 aliphatic heterocycles. The molecule has 0 bridgehead atoms. The topological polar surface area (TPSA) is 74.0 Å². The molecular weight excluding hydrogens is 386 g/mol. The Bertz CT molecular complexity index is 1010. The Balaban J connectivity index is 1.38. The van der Waals surface area contributed by atoms with E-state index in [9.17, 15) is 9.59 Å². The van der Waals surface area contributed by atoms with Gasteiger partial charge in [0, 0.05) is 18.3 Å². The number of aromatic amines is 1. The van der Waals surface area contributed by atoms with Crippen LogP contribution in [0.3, 0.4) is 0 Å². The lowest BCUT2D eigenvalue weighted by Crippen LogP contribution is -2.42. The Labute approximate surface area is 182 Å². The predicted octanol–water partition coefficient (Wildman–Crippen LogP) is 4.15. The Morgan fingerprint density at radius 3 is 2.23 bits per heavy atom. The summed E-state index contributed by atoms with van der Waals surface area (Å²) < 4.78 is 0. The third kappa shape index (κ3) is 5.85. The van der Waals surface area contributed by atoms with Crippen LogP contribution < -0.4 is 16.2 Å². The lowest BCUT2D eigenvalue weighted by molar-refractivity contribution is 0.233. The molecule has 5 nitrogen and oxygen atoms in total. The first-order chi connectivity index (χ1) is 15.2. The maximum Gasteiger partial charge on any atom is 0.315 e. The van der Waals surface area contributed by atoms with Crippen molar-refractivity contribution in [3.05, 3.63) is 106 Å². The molecule has 5 heteroatoms. The largest absolute Gasteiger partial charge is 0.338 e. The smallest absolute Gasteiger partial charge is 0.315 e. The fourth-order valence-electron chi connectivity index (χ4n) is 4.41. The van der Waals surface area contributed by atoms with Gasteiger partial charge in [-0.25, -0.2) is 4.79 Å². The Morgan fingerprint density at radius 1 is 0.935 bits per heavy atom. The number of hydrogen-bond donors (Lipinski definition) is 3. The minimum absolute atomic E-state index is 0.0673. The summed E-state index contributed by atoms with van der Waals surface area (Å²) >= 11 is 0. The second-order valence-electron chi connectivity index (χ2n) is 8.30. The molecule has 3 aromatic rings. The molecule has 0 saturated heterocycles. The van der Waals surface area contributed by atoms with E-state index in [-0.39, 0.29) is 17.6 Å². The number of carbonyl (C=O) groups excluding carboxylic acids is 1. The third-order valence-corrected chi connectivity index (χ3v) is 5.92. The van der Waals surface area contributed by atoms with E-state index in [4.69, 9.17) is 0 Å². The molecule has 1 aliphatic rings. The second-order valence-corrected chi connectivity index (χ2v) is 8.30. The summed E-state index contributed by atoms with van der Waals surface area (Å²) in [7, 11) is 0. The zero-order valence-corrected chi connectivity index (χ0v) is 17.6. The lowest BCUT2D eigenvalue weighted by Gasteiger charge is -2.26. The Kier molecular flexibility index (Phi) is 6.82. The fourth-order valence-corrected chi connectivity index (χ4v) is 4.41. The molecule has 1 heterocycles. The average Bonchev–Trinajstić information content (AvgIpc) is 2.79. The number of hydrogen-bond acceptors (Lipinski definition) is 2. The van der Waals surface area contributed by atoms with E-state index >= 15 is 0 Å². The molecule has 2 amide bonds. The number of pyridine rings is 1. The van der Waals surface area contributed by atoms with Crippen LogP contribution in [-0.4, -0.2) is 17.6 Å². The highest BCUT2D eigenvalue weighted by molar-refractivity contribution is 5.74. The molecule has 1 unspecified atom stereocenters. The van der Waals surface area contributed by atoms with Crippen molar-refractivity contribution in [3.63, 3.8) is 0 Å². The SMILES string of the molecule is O=C(NCC(Cc1ccccc1)Cc1ccccc1)NC1CCCc2[nH]c(=O)ccc21. The lowest BCUT2D eigenvalue weighted by atomic mass is 9.91. The number of aromatic nitrogens is 1. The molecule has 0 saturated carbocycles. The van der Waals surface area contributed by atoms with Crippen molar-refractivity contribution in [2.75, 3.05) is 6.54 Å². The summed E-state index contributed by atoms with van der Waals surface area (Å²) in [6.07, 6.45) is 4.49. The Hall–Kier alpha value is -3.34. The van der Waals surface area contributed by atoms with E-state index in [1.807, 2.05) is 18.2 Å². The van der Waals surface area contributed by atoms with Crippen molar-refractivity contribution >= 4 is 6.03 Å². The maximum atomic E-state index is 12.7. The average molecular weight is 416 g/mol. The van der Waals surface area contributed by atoms with Gasteiger partial charge in [-0.2, -0.15) is 0 Å². The number of H-pyrrole nitrogens is 1.